The van der Waals surface area contributed by atoms with Crippen LogP contribution in [0.15, 0.2) is 11.6 Å². The molecule has 1 atom stereocenters. The number of esters is 2. The Balaban J connectivity index is 2.13. The van der Waals surface area contributed by atoms with E-state index in [4.69, 9.17) is 14.2 Å². The van der Waals surface area contributed by atoms with Crippen molar-refractivity contribution in [2.24, 2.45) is 5.92 Å². The number of rotatable bonds is 7. The smallest absolute Gasteiger partial charge is 0.496 e. The predicted molar refractivity (Wildman–Crippen MR) is 113 cm³/mol. The molecule has 1 aliphatic carbocycles. The minimum Gasteiger partial charge on any atom is -0.496 e. The first-order chi connectivity index (χ1) is 15.9. The Labute approximate surface area is 195 Å². The molecule has 12 heteroatoms. The second-order valence-corrected chi connectivity index (χ2v) is 9.62. The summed E-state index contributed by atoms with van der Waals surface area (Å²) < 4.78 is 82.7. The number of methoxy groups -OCH3 is 2. The topological polar surface area (TPSA) is 105 Å². The fraction of sp³-hybridized carbons (Fsp3) is 0.545. The summed E-state index contributed by atoms with van der Waals surface area (Å²) in [5.74, 6) is -2.14. The molecule has 1 saturated carbocycles. The molecule has 3 rings (SSSR count). The molecule has 0 saturated heterocycles. The van der Waals surface area contributed by atoms with Gasteiger partial charge in [-0.15, -0.1) is 0 Å². The molecule has 1 heterocycles. The first-order valence-corrected chi connectivity index (χ1v) is 12.0. The van der Waals surface area contributed by atoms with Crippen LogP contribution in [0.5, 0.6) is 11.5 Å². The van der Waals surface area contributed by atoms with Gasteiger partial charge >= 0.3 is 27.6 Å². The fourth-order valence-corrected chi connectivity index (χ4v) is 4.89. The van der Waals surface area contributed by atoms with Crippen molar-refractivity contribution in [3.05, 3.63) is 33.9 Å². The Kier molecular flexibility index (Phi) is 7.49. The number of hydrogen-bond donors (Lipinski definition) is 0. The van der Waals surface area contributed by atoms with E-state index in [1.807, 2.05) is 0 Å². The van der Waals surface area contributed by atoms with Gasteiger partial charge in [-0.1, -0.05) is 18.1 Å². The summed E-state index contributed by atoms with van der Waals surface area (Å²) in [7, 11) is -3.50. The van der Waals surface area contributed by atoms with Gasteiger partial charge in [0.2, 0.25) is 0 Å². The summed E-state index contributed by atoms with van der Waals surface area (Å²) in [5, 5.41) is 0. The molecule has 1 aliphatic heterocycles. The van der Waals surface area contributed by atoms with Crippen LogP contribution in [0.1, 0.15) is 59.2 Å². The normalized spacial score (nSPS) is 19.5. The molecule has 34 heavy (non-hydrogen) atoms. The largest absolute Gasteiger partial charge is 0.534 e. The van der Waals surface area contributed by atoms with Crippen LogP contribution < -0.4 is 8.92 Å². The lowest BCUT2D eigenvalue weighted by Crippen LogP contribution is -2.29. The van der Waals surface area contributed by atoms with Crippen molar-refractivity contribution >= 4 is 22.1 Å². The van der Waals surface area contributed by atoms with Gasteiger partial charge in [-0.25, -0.2) is 4.79 Å². The Morgan fingerprint density at radius 1 is 1.21 bits per heavy atom. The number of hydrogen-bond acceptors (Lipinski definition) is 8. The molecule has 0 spiro atoms. The highest BCUT2D eigenvalue weighted by Crippen LogP contribution is 2.45. The van der Waals surface area contributed by atoms with E-state index in [9.17, 15) is 31.2 Å². The molecule has 1 aromatic carbocycles. The first kappa shape index (κ1) is 25.9. The number of alkyl halides is 3. The zero-order valence-corrected chi connectivity index (χ0v) is 19.7. The molecule has 0 bridgehead atoms. The minimum absolute atomic E-state index is 0.0275. The third-order valence-electron chi connectivity index (χ3n) is 6.10. The maximum Gasteiger partial charge on any atom is 0.534 e. The molecule has 0 radical (unpaired) electrons. The van der Waals surface area contributed by atoms with Gasteiger partial charge in [0.15, 0.2) is 5.75 Å². The number of halogens is 3. The predicted octanol–water partition coefficient (Wildman–Crippen LogP) is 4.12. The summed E-state index contributed by atoms with van der Waals surface area (Å²) in [4.78, 5) is 24.2. The average molecular weight is 506 g/mol. The van der Waals surface area contributed by atoms with Crippen LogP contribution in [0.4, 0.5) is 13.2 Å². The van der Waals surface area contributed by atoms with Gasteiger partial charge in [-0.2, -0.15) is 21.6 Å². The fourth-order valence-electron chi connectivity index (χ4n) is 4.39. The van der Waals surface area contributed by atoms with Crippen molar-refractivity contribution in [3.8, 4) is 11.5 Å². The third kappa shape index (κ3) is 5.01. The van der Waals surface area contributed by atoms with Crippen LogP contribution in [0, 0.1) is 12.8 Å². The van der Waals surface area contributed by atoms with Crippen molar-refractivity contribution in [2.45, 2.75) is 57.6 Å². The van der Waals surface area contributed by atoms with E-state index in [2.05, 4.69) is 4.18 Å². The van der Waals surface area contributed by atoms with Crippen molar-refractivity contribution in [1.82, 2.24) is 0 Å². The zero-order chi connectivity index (χ0) is 25.3. The molecule has 2 aliphatic rings. The monoisotopic (exact) mass is 506 g/mol. The minimum atomic E-state index is -6.07. The maximum atomic E-state index is 13.1. The molecule has 0 aromatic heterocycles. The molecule has 0 N–H and O–H groups in total. The van der Waals surface area contributed by atoms with Gasteiger partial charge in [-0.05, 0) is 44.1 Å². The van der Waals surface area contributed by atoms with Gasteiger partial charge in [0.1, 0.15) is 17.9 Å². The molecule has 188 valence electrons. The summed E-state index contributed by atoms with van der Waals surface area (Å²) in [5.41, 5.74) is -4.57. The standard InChI is InChI=1S/C22H25F3O8S/c1-12-16-11-32-21(27)18(16)20(33-34(28,29)22(23,24)25)15(19(12)31-3)9-8-13-6-4-5-7-14(13)10-17(26)30-2/h8,14H,4-7,9-11H2,1-3H3. The van der Waals surface area contributed by atoms with E-state index in [1.165, 1.54) is 14.2 Å². The van der Waals surface area contributed by atoms with Crippen LogP contribution in [0.2, 0.25) is 0 Å². The van der Waals surface area contributed by atoms with Crippen LogP contribution in [-0.2, 0) is 37.4 Å². The summed E-state index contributed by atoms with van der Waals surface area (Å²) in [6.45, 7) is 1.35. The second kappa shape index (κ2) is 9.85. The quantitative estimate of drug-likeness (QED) is 0.235. The first-order valence-electron chi connectivity index (χ1n) is 10.6. The Bertz CT molecular complexity index is 1120. The molecule has 1 aromatic rings. The number of ether oxygens (including phenoxy) is 3. The SMILES string of the molecule is COC(=O)CC1CCCCC1=CCc1c(OC)c(C)c2c(c1OS(=O)(=O)C(F)(F)F)C(=O)OC2. The lowest BCUT2D eigenvalue weighted by Gasteiger charge is -2.25. The van der Waals surface area contributed by atoms with Crippen LogP contribution in [0.3, 0.4) is 0 Å². The zero-order valence-electron chi connectivity index (χ0n) is 18.9. The van der Waals surface area contributed by atoms with Crippen molar-refractivity contribution in [2.75, 3.05) is 14.2 Å². The van der Waals surface area contributed by atoms with E-state index >= 15 is 0 Å². The molecule has 8 nitrogen and oxygen atoms in total. The van der Waals surface area contributed by atoms with Crippen molar-refractivity contribution in [1.29, 1.82) is 0 Å². The average Bonchev–Trinajstić information content (AvgIpc) is 3.16. The van der Waals surface area contributed by atoms with Gasteiger partial charge in [-0.3, -0.25) is 4.79 Å². The maximum absolute atomic E-state index is 13.1. The van der Waals surface area contributed by atoms with Gasteiger partial charge in [0.25, 0.3) is 0 Å². The van der Waals surface area contributed by atoms with E-state index in [0.29, 0.717) is 12.0 Å². The van der Waals surface area contributed by atoms with E-state index in [0.717, 1.165) is 24.8 Å². The van der Waals surface area contributed by atoms with E-state index in [-0.39, 0.29) is 53.8 Å². The Hall–Kier alpha value is -2.76. The third-order valence-corrected chi connectivity index (χ3v) is 7.06. The van der Waals surface area contributed by atoms with Gasteiger partial charge < -0.3 is 18.4 Å². The van der Waals surface area contributed by atoms with Crippen LogP contribution >= 0.6 is 0 Å². The number of carbonyl (C=O) groups is 2. The lowest BCUT2D eigenvalue weighted by atomic mass is 9.81. The summed E-state index contributed by atoms with van der Waals surface area (Å²) >= 11 is 0. The van der Waals surface area contributed by atoms with Crippen LogP contribution in [-0.4, -0.2) is 40.1 Å². The van der Waals surface area contributed by atoms with Crippen molar-refractivity contribution in [3.63, 3.8) is 0 Å². The lowest BCUT2D eigenvalue weighted by molar-refractivity contribution is -0.141. The summed E-state index contributed by atoms with van der Waals surface area (Å²) in [6, 6.07) is 0. The van der Waals surface area contributed by atoms with Crippen LogP contribution in [0.25, 0.3) is 0 Å². The highest BCUT2D eigenvalue weighted by atomic mass is 32.2. The highest BCUT2D eigenvalue weighted by molar-refractivity contribution is 7.88. The number of cyclic esters (lactones) is 1. The molecule has 1 unspecified atom stereocenters. The van der Waals surface area contributed by atoms with E-state index < -0.39 is 27.3 Å². The second-order valence-electron chi connectivity index (χ2n) is 8.08. The molecular weight excluding hydrogens is 481 g/mol. The molecule has 0 amide bonds. The Morgan fingerprint density at radius 3 is 2.53 bits per heavy atom. The summed E-state index contributed by atoms with van der Waals surface area (Å²) in [6.07, 6.45) is 4.96. The highest BCUT2D eigenvalue weighted by Gasteiger charge is 2.50. The number of benzene rings is 1. The number of carbonyl (C=O) groups excluding carboxylic acids is 2. The van der Waals surface area contributed by atoms with Gasteiger partial charge in [0, 0.05) is 11.1 Å². The molecule has 1 fully saturated rings. The Morgan fingerprint density at radius 2 is 1.91 bits per heavy atom. The van der Waals surface area contributed by atoms with Crippen molar-refractivity contribution < 1.29 is 49.6 Å². The molecular formula is C22H25F3O8S. The van der Waals surface area contributed by atoms with Gasteiger partial charge in [0.05, 0.1) is 20.6 Å². The number of fused-ring (bicyclic) bond motifs is 1. The number of allylic oxidation sites excluding steroid dienone is 2. The van der Waals surface area contributed by atoms with E-state index in [1.54, 1.807) is 13.0 Å².